The zero-order valence-corrected chi connectivity index (χ0v) is 24.7. The van der Waals surface area contributed by atoms with Crippen LogP contribution in [0.25, 0.3) is 0 Å². The van der Waals surface area contributed by atoms with Crippen molar-refractivity contribution in [2.24, 2.45) is 0 Å². The Morgan fingerprint density at radius 1 is 0.976 bits per heavy atom. The lowest BCUT2D eigenvalue weighted by atomic mass is 9.79. The molecule has 0 radical (unpaired) electrons. The summed E-state index contributed by atoms with van der Waals surface area (Å²) in [6.45, 7) is 5.58. The van der Waals surface area contributed by atoms with Gasteiger partial charge < -0.3 is 20.9 Å². The summed E-state index contributed by atoms with van der Waals surface area (Å²) >= 11 is 6.11. The maximum Gasteiger partial charge on any atom is 0.245 e. The zero-order chi connectivity index (χ0) is 28.8. The van der Waals surface area contributed by atoms with Crippen molar-refractivity contribution >= 4 is 29.3 Å². The number of halogens is 1. The van der Waals surface area contributed by atoms with Crippen LogP contribution in [-0.2, 0) is 33.8 Å². The maximum atomic E-state index is 14.0. The summed E-state index contributed by atoms with van der Waals surface area (Å²) in [4.78, 5) is 43.5. The average Bonchev–Trinajstić information content (AvgIpc) is 3.00. The van der Waals surface area contributed by atoms with Gasteiger partial charge in [-0.1, -0.05) is 67.3 Å². The van der Waals surface area contributed by atoms with E-state index < -0.39 is 6.04 Å². The molecular weight excluding hydrogens is 538 g/mol. The zero-order valence-electron chi connectivity index (χ0n) is 24.0. The monoisotopic (exact) mass is 579 g/mol. The van der Waals surface area contributed by atoms with Crippen LogP contribution >= 0.6 is 11.6 Å². The van der Waals surface area contributed by atoms with Crippen molar-refractivity contribution < 1.29 is 14.4 Å². The van der Waals surface area contributed by atoms with Crippen molar-refractivity contribution in [1.82, 2.24) is 25.8 Å². The summed E-state index contributed by atoms with van der Waals surface area (Å²) in [5, 5.41) is 10.2. The van der Waals surface area contributed by atoms with E-state index >= 15 is 0 Å². The van der Waals surface area contributed by atoms with E-state index in [1.165, 1.54) is 17.5 Å². The van der Waals surface area contributed by atoms with E-state index in [2.05, 4.69) is 33.0 Å². The lowest BCUT2D eigenvalue weighted by Gasteiger charge is -2.50. The van der Waals surface area contributed by atoms with Crippen molar-refractivity contribution in [1.29, 1.82) is 0 Å². The Kier molecular flexibility index (Phi) is 9.63. The lowest BCUT2D eigenvalue weighted by Crippen LogP contribution is -2.64. The van der Waals surface area contributed by atoms with Gasteiger partial charge in [-0.25, -0.2) is 0 Å². The molecular formula is C32H42ClN5O3. The molecule has 3 amide bonds. The number of hydrogen-bond acceptors (Lipinski definition) is 5. The molecule has 2 aliphatic heterocycles. The molecule has 0 bridgehead atoms. The van der Waals surface area contributed by atoms with Crippen LogP contribution in [0.3, 0.4) is 0 Å². The number of carbonyl (C=O) groups excluding carboxylic acids is 3. The van der Waals surface area contributed by atoms with Crippen molar-refractivity contribution in [2.45, 2.75) is 76.0 Å². The summed E-state index contributed by atoms with van der Waals surface area (Å²) in [6.07, 6.45) is 6.67. The molecule has 1 aliphatic carbocycles. The first-order valence-corrected chi connectivity index (χ1v) is 15.3. The molecule has 2 heterocycles. The maximum absolute atomic E-state index is 14.0. The van der Waals surface area contributed by atoms with Gasteiger partial charge in [0.1, 0.15) is 6.04 Å². The molecule has 1 saturated carbocycles. The lowest BCUT2D eigenvalue weighted by molar-refractivity contribution is -0.139. The van der Waals surface area contributed by atoms with Gasteiger partial charge in [-0.2, -0.15) is 0 Å². The highest BCUT2D eigenvalue weighted by Gasteiger charge is 2.41. The van der Waals surface area contributed by atoms with Gasteiger partial charge in [0.15, 0.2) is 0 Å². The first-order valence-electron chi connectivity index (χ1n) is 15.0. The van der Waals surface area contributed by atoms with E-state index in [1.54, 1.807) is 6.92 Å². The highest BCUT2D eigenvalue weighted by Crippen LogP contribution is 2.34. The first kappa shape index (κ1) is 29.5. The fourth-order valence-corrected chi connectivity index (χ4v) is 6.82. The molecule has 0 aromatic heterocycles. The second-order valence-electron chi connectivity index (χ2n) is 11.8. The van der Waals surface area contributed by atoms with Gasteiger partial charge in [0.05, 0.1) is 6.04 Å². The molecule has 2 fully saturated rings. The topological polar surface area (TPSA) is 93.8 Å². The molecule has 0 unspecified atom stereocenters. The number of amides is 3. The SMILES string of the molecule is CC(=O)NCC1(N2CCN(C(=O)[C@@H](Cc3ccc(Cl)cc3)NC(=O)[C@H]3Cc4ccccc4CN3)CC2)CCCCC1. The van der Waals surface area contributed by atoms with Crippen LogP contribution in [0.2, 0.25) is 5.02 Å². The van der Waals surface area contributed by atoms with E-state index in [0.717, 1.165) is 44.3 Å². The van der Waals surface area contributed by atoms with E-state index in [-0.39, 0.29) is 29.3 Å². The van der Waals surface area contributed by atoms with Gasteiger partial charge in [-0.3, -0.25) is 19.3 Å². The van der Waals surface area contributed by atoms with Crippen molar-refractivity contribution in [3.63, 3.8) is 0 Å². The van der Waals surface area contributed by atoms with E-state index in [1.807, 2.05) is 41.3 Å². The molecule has 220 valence electrons. The predicted octanol–water partition coefficient (Wildman–Crippen LogP) is 3.07. The third-order valence-corrected chi connectivity index (χ3v) is 9.33. The smallest absolute Gasteiger partial charge is 0.245 e. The third kappa shape index (κ3) is 7.29. The summed E-state index contributed by atoms with van der Waals surface area (Å²) in [5.41, 5.74) is 3.28. The standard InChI is InChI=1S/C32H42ClN5O3/c1-23(39)35-22-32(13-5-2-6-14-32)38-17-15-37(16-18-38)31(41)29(19-24-9-11-27(33)12-10-24)36-30(40)28-20-25-7-3-4-8-26(25)21-34-28/h3-4,7-12,28-29,34H,2,5-6,13-22H2,1H3,(H,35,39)(H,36,40)/t28-,29-/m1/s1. The van der Waals surface area contributed by atoms with Gasteiger partial charge in [0.25, 0.3) is 0 Å². The predicted molar refractivity (Wildman–Crippen MR) is 161 cm³/mol. The Balaban J connectivity index is 1.26. The molecule has 2 aromatic rings. The minimum absolute atomic E-state index is 0.000453. The molecule has 1 saturated heterocycles. The molecule has 3 aliphatic rings. The largest absolute Gasteiger partial charge is 0.354 e. The van der Waals surface area contributed by atoms with Crippen LogP contribution in [0.15, 0.2) is 48.5 Å². The van der Waals surface area contributed by atoms with Crippen LogP contribution in [0, 0.1) is 0 Å². The molecule has 0 spiro atoms. The third-order valence-electron chi connectivity index (χ3n) is 9.08. The van der Waals surface area contributed by atoms with Crippen LogP contribution < -0.4 is 16.0 Å². The number of rotatable bonds is 8. The van der Waals surface area contributed by atoms with Crippen molar-refractivity contribution in [3.8, 4) is 0 Å². The minimum Gasteiger partial charge on any atom is -0.354 e. The Labute approximate surface area is 248 Å². The normalized spacial score (nSPS) is 21.4. The minimum atomic E-state index is -0.669. The number of benzene rings is 2. The molecule has 41 heavy (non-hydrogen) atoms. The Morgan fingerprint density at radius 2 is 1.66 bits per heavy atom. The second-order valence-corrected chi connectivity index (χ2v) is 12.2. The van der Waals surface area contributed by atoms with E-state index in [9.17, 15) is 14.4 Å². The molecule has 2 atom stereocenters. The van der Waals surface area contributed by atoms with Crippen LogP contribution in [0.1, 0.15) is 55.7 Å². The number of hydrogen-bond donors (Lipinski definition) is 3. The van der Waals surface area contributed by atoms with E-state index in [0.29, 0.717) is 44.0 Å². The molecule has 8 nitrogen and oxygen atoms in total. The Bertz CT molecular complexity index is 1220. The van der Waals surface area contributed by atoms with Gasteiger partial charge in [0, 0.05) is 63.2 Å². The van der Waals surface area contributed by atoms with Crippen molar-refractivity contribution in [2.75, 3.05) is 32.7 Å². The van der Waals surface area contributed by atoms with Crippen molar-refractivity contribution in [3.05, 3.63) is 70.2 Å². The Morgan fingerprint density at radius 3 is 2.34 bits per heavy atom. The second kappa shape index (κ2) is 13.4. The summed E-state index contributed by atoms with van der Waals surface area (Å²) in [7, 11) is 0. The number of carbonyl (C=O) groups is 3. The fourth-order valence-electron chi connectivity index (χ4n) is 6.69. The highest BCUT2D eigenvalue weighted by molar-refractivity contribution is 6.30. The average molecular weight is 580 g/mol. The highest BCUT2D eigenvalue weighted by atomic mass is 35.5. The number of fused-ring (bicyclic) bond motifs is 1. The fraction of sp³-hybridized carbons (Fsp3) is 0.531. The van der Waals surface area contributed by atoms with Crippen LogP contribution in [-0.4, -0.2) is 77.9 Å². The molecule has 3 N–H and O–H groups in total. The first-order chi connectivity index (χ1) is 19.8. The van der Waals surface area contributed by atoms with Crippen LogP contribution in [0.4, 0.5) is 0 Å². The number of nitrogens with one attached hydrogen (secondary N) is 3. The Hall–Kier alpha value is -2.94. The van der Waals surface area contributed by atoms with Gasteiger partial charge in [0.2, 0.25) is 17.7 Å². The molecule has 5 rings (SSSR count). The van der Waals surface area contributed by atoms with Gasteiger partial charge in [-0.05, 0) is 48.1 Å². The van der Waals surface area contributed by atoms with Gasteiger partial charge in [-0.15, -0.1) is 0 Å². The molecule has 9 heteroatoms. The van der Waals surface area contributed by atoms with Crippen LogP contribution in [0.5, 0.6) is 0 Å². The molecule has 2 aromatic carbocycles. The summed E-state index contributed by atoms with van der Waals surface area (Å²) in [5.74, 6) is -0.203. The van der Waals surface area contributed by atoms with E-state index in [4.69, 9.17) is 11.6 Å². The number of piperazine rings is 1. The van der Waals surface area contributed by atoms with Gasteiger partial charge >= 0.3 is 0 Å². The summed E-state index contributed by atoms with van der Waals surface area (Å²) in [6, 6.07) is 14.6. The quantitative estimate of drug-likeness (QED) is 0.447. The summed E-state index contributed by atoms with van der Waals surface area (Å²) < 4.78 is 0. The number of nitrogens with zero attached hydrogens (tertiary/aromatic N) is 2.